The molecule has 0 bridgehead atoms. The minimum absolute atomic E-state index is 0.120. The number of amides is 1. The van der Waals surface area contributed by atoms with Crippen LogP contribution in [0.5, 0.6) is 0 Å². The lowest BCUT2D eigenvalue weighted by Crippen LogP contribution is -2.57. The fourth-order valence-corrected chi connectivity index (χ4v) is 2.03. The monoisotopic (exact) mass is 256 g/mol. The lowest BCUT2D eigenvalue weighted by atomic mass is 9.88. The van der Waals surface area contributed by atoms with Gasteiger partial charge < -0.3 is 10.6 Å². The van der Waals surface area contributed by atoms with Crippen LogP contribution in [0.3, 0.4) is 0 Å². The Kier molecular flexibility index (Phi) is 7.53. The van der Waals surface area contributed by atoms with E-state index in [1.165, 1.54) is 0 Å². The van der Waals surface area contributed by atoms with Crippen LogP contribution in [-0.4, -0.2) is 24.0 Å². The van der Waals surface area contributed by atoms with Gasteiger partial charge in [0, 0.05) is 6.04 Å². The van der Waals surface area contributed by atoms with Crippen molar-refractivity contribution in [3.63, 3.8) is 0 Å². The van der Waals surface area contributed by atoms with E-state index < -0.39 is 5.54 Å². The molecule has 0 aromatic rings. The Morgan fingerprint density at radius 3 is 2.11 bits per heavy atom. The molecule has 0 aliphatic carbocycles. The Bertz CT molecular complexity index is 251. The smallest absolute Gasteiger partial charge is 0.240 e. The van der Waals surface area contributed by atoms with Crippen molar-refractivity contribution in [3.05, 3.63) is 0 Å². The number of hydrogen-bond donors (Lipinski definition) is 2. The van der Waals surface area contributed by atoms with E-state index in [0.717, 1.165) is 19.4 Å². The topological polar surface area (TPSA) is 41.1 Å². The van der Waals surface area contributed by atoms with E-state index in [2.05, 4.69) is 38.3 Å². The summed E-state index contributed by atoms with van der Waals surface area (Å²) in [5.41, 5.74) is -0.456. The van der Waals surface area contributed by atoms with Crippen LogP contribution in [0.4, 0.5) is 0 Å². The quantitative estimate of drug-likeness (QED) is 0.701. The van der Waals surface area contributed by atoms with Gasteiger partial charge in [-0.1, -0.05) is 34.1 Å². The summed E-state index contributed by atoms with van der Waals surface area (Å²) in [4.78, 5) is 12.3. The standard InChI is InChI=1S/C15H32N2O/c1-8-13(6)10-16-15(7,9-11(2)3)14(18)17-12(4)5/h11-13,16H,8-10H2,1-7H3,(H,17,18). The lowest BCUT2D eigenvalue weighted by molar-refractivity contribution is -0.128. The first-order valence-corrected chi connectivity index (χ1v) is 7.27. The van der Waals surface area contributed by atoms with Crippen LogP contribution in [-0.2, 0) is 4.79 Å². The van der Waals surface area contributed by atoms with Gasteiger partial charge in [0.1, 0.15) is 0 Å². The van der Waals surface area contributed by atoms with Crippen LogP contribution in [0.15, 0.2) is 0 Å². The van der Waals surface area contributed by atoms with Gasteiger partial charge in [-0.25, -0.2) is 0 Å². The number of carbonyl (C=O) groups excluding carboxylic acids is 1. The Morgan fingerprint density at radius 1 is 1.17 bits per heavy atom. The largest absolute Gasteiger partial charge is 0.352 e. The molecule has 0 aromatic heterocycles. The van der Waals surface area contributed by atoms with E-state index >= 15 is 0 Å². The van der Waals surface area contributed by atoms with Crippen molar-refractivity contribution in [2.45, 2.75) is 72.9 Å². The van der Waals surface area contributed by atoms with Gasteiger partial charge in [0.25, 0.3) is 0 Å². The third-order valence-corrected chi connectivity index (χ3v) is 3.28. The molecule has 0 aliphatic heterocycles. The van der Waals surface area contributed by atoms with Gasteiger partial charge in [0.05, 0.1) is 5.54 Å². The molecule has 2 N–H and O–H groups in total. The van der Waals surface area contributed by atoms with Crippen molar-refractivity contribution in [1.82, 2.24) is 10.6 Å². The average molecular weight is 256 g/mol. The van der Waals surface area contributed by atoms with Gasteiger partial charge in [-0.05, 0) is 45.6 Å². The molecule has 0 aliphatic rings. The lowest BCUT2D eigenvalue weighted by Gasteiger charge is -2.33. The zero-order valence-electron chi connectivity index (χ0n) is 13.3. The first kappa shape index (κ1) is 17.4. The maximum atomic E-state index is 12.3. The normalized spacial score (nSPS) is 16.7. The number of rotatable bonds is 8. The summed E-state index contributed by atoms with van der Waals surface area (Å²) >= 11 is 0. The molecule has 3 nitrogen and oxygen atoms in total. The van der Waals surface area contributed by atoms with E-state index in [1.54, 1.807) is 0 Å². The molecule has 0 aromatic carbocycles. The predicted octanol–water partition coefficient (Wildman–Crippen LogP) is 2.95. The predicted molar refractivity (Wildman–Crippen MR) is 78.6 cm³/mol. The summed E-state index contributed by atoms with van der Waals surface area (Å²) < 4.78 is 0. The number of hydrogen-bond acceptors (Lipinski definition) is 2. The van der Waals surface area contributed by atoms with Crippen molar-refractivity contribution in [2.75, 3.05) is 6.54 Å². The maximum absolute atomic E-state index is 12.3. The van der Waals surface area contributed by atoms with E-state index in [0.29, 0.717) is 11.8 Å². The molecule has 0 spiro atoms. The van der Waals surface area contributed by atoms with Crippen molar-refractivity contribution >= 4 is 5.91 Å². The highest BCUT2D eigenvalue weighted by Gasteiger charge is 2.33. The fraction of sp³-hybridized carbons (Fsp3) is 0.933. The SMILES string of the molecule is CCC(C)CNC(C)(CC(C)C)C(=O)NC(C)C. The van der Waals surface area contributed by atoms with Crippen molar-refractivity contribution in [3.8, 4) is 0 Å². The highest BCUT2D eigenvalue weighted by atomic mass is 16.2. The average Bonchev–Trinajstić information content (AvgIpc) is 2.24. The Balaban J connectivity index is 4.65. The molecule has 108 valence electrons. The van der Waals surface area contributed by atoms with Crippen LogP contribution in [0.1, 0.15) is 61.3 Å². The molecule has 3 heteroatoms. The number of carbonyl (C=O) groups is 1. The summed E-state index contributed by atoms with van der Waals surface area (Å²) in [5.74, 6) is 1.22. The van der Waals surface area contributed by atoms with Crippen molar-refractivity contribution < 1.29 is 4.79 Å². The van der Waals surface area contributed by atoms with Gasteiger partial charge in [0.2, 0.25) is 5.91 Å². The zero-order valence-corrected chi connectivity index (χ0v) is 13.3. The zero-order chi connectivity index (χ0) is 14.3. The van der Waals surface area contributed by atoms with Crippen LogP contribution < -0.4 is 10.6 Å². The molecule has 2 atom stereocenters. The van der Waals surface area contributed by atoms with E-state index in [-0.39, 0.29) is 11.9 Å². The highest BCUT2D eigenvalue weighted by Crippen LogP contribution is 2.18. The Labute approximate surface area is 113 Å². The summed E-state index contributed by atoms with van der Waals surface area (Å²) in [6, 6.07) is 0.189. The van der Waals surface area contributed by atoms with Crippen LogP contribution in [0.2, 0.25) is 0 Å². The third kappa shape index (κ3) is 6.39. The minimum Gasteiger partial charge on any atom is -0.352 e. The Morgan fingerprint density at radius 2 is 1.72 bits per heavy atom. The molecule has 0 fully saturated rings. The van der Waals surface area contributed by atoms with Gasteiger partial charge in [-0.2, -0.15) is 0 Å². The van der Waals surface area contributed by atoms with Crippen LogP contribution in [0.25, 0.3) is 0 Å². The first-order chi connectivity index (χ1) is 8.21. The van der Waals surface area contributed by atoms with Gasteiger partial charge in [0.15, 0.2) is 0 Å². The van der Waals surface area contributed by atoms with Gasteiger partial charge >= 0.3 is 0 Å². The third-order valence-electron chi connectivity index (χ3n) is 3.28. The van der Waals surface area contributed by atoms with E-state index in [9.17, 15) is 4.79 Å². The van der Waals surface area contributed by atoms with Gasteiger partial charge in [-0.3, -0.25) is 4.79 Å². The molecular formula is C15H32N2O. The highest BCUT2D eigenvalue weighted by molar-refractivity contribution is 5.86. The van der Waals surface area contributed by atoms with E-state index in [4.69, 9.17) is 0 Å². The molecule has 0 radical (unpaired) electrons. The number of nitrogens with one attached hydrogen (secondary N) is 2. The molecular weight excluding hydrogens is 224 g/mol. The second-order valence-electron chi connectivity index (χ2n) is 6.45. The molecule has 0 saturated heterocycles. The molecule has 2 unspecified atom stereocenters. The minimum atomic E-state index is -0.456. The van der Waals surface area contributed by atoms with Crippen molar-refractivity contribution in [1.29, 1.82) is 0 Å². The second kappa shape index (κ2) is 7.78. The summed E-state index contributed by atoms with van der Waals surface area (Å²) in [6.45, 7) is 15.6. The first-order valence-electron chi connectivity index (χ1n) is 7.27. The molecule has 18 heavy (non-hydrogen) atoms. The molecule has 0 heterocycles. The fourth-order valence-electron chi connectivity index (χ4n) is 2.03. The van der Waals surface area contributed by atoms with E-state index in [1.807, 2.05) is 20.8 Å². The maximum Gasteiger partial charge on any atom is 0.240 e. The summed E-state index contributed by atoms with van der Waals surface area (Å²) in [6.07, 6.45) is 2.00. The summed E-state index contributed by atoms with van der Waals surface area (Å²) in [5, 5.41) is 6.50. The van der Waals surface area contributed by atoms with Crippen LogP contribution in [0, 0.1) is 11.8 Å². The Hall–Kier alpha value is -0.570. The van der Waals surface area contributed by atoms with Crippen molar-refractivity contribution in [2.24, 2.45) is 11.8 Å². The van der Waals surface area contributed by atoms with Gasteiger partial charge in [-0.15, -0.1) is 0 Å². The second-order valence-corrected chi connectivity index (χ2v) is 6.45. The molecule has 0 saturated carbocycles. The van der Waals surface area contributed by atoms with Crippen LogP contribution >= 0.6 is 0 Å². The summed E-state index contributed by atoms with van der Waals surface area (Å²) in [7, 11) is 0. The molecule has 1 amide bonds. The molecule has 0 rings (SSSR count).